The molecule has 118 valence electrons. The van der Waals surface area contributed by atoms with Gasteiger partial charge >= 0.3 is 0 Å². The summed E-state index contributed by atoms with van der Waals surface area (Å²) in [4.78, 5) is 5.10. The Morgan fingerprint density at radius 3 is 2.43 bits per heavy atom. The van der Waals surface area contributed by atoms with E-state index >= 15 is 0 Å². The molecule has 0 aliphatic carbocycles. The number of hydrogen-bond donors (Lipinski definition) is 1. The van der Waals surface area contributed by atoms with Crippen molar-refractivity contribution in [2.75, 3.05) is 39.8 Å². The van der Waals surface area contributed by atoms with Crippen molar-refractivity contribution < 1.29 is 0 Å². The maximum atomic E-state index is 6.17. The Labute approximate surface area is 130 Å². The highest BCUT2D eigenvalue weighted by Gasteiger charge is 2.36. The molecule has 3 nitrogen and oxygen atoms in total. The zero-order chi connectivity index (χ0) is 15.1. The Kier molecular flexibility index (Phi) is 6.22. The van der Waals surface area contributed by atoms with Gasteiger partial charge < -0.3 is 10.6 Å². The van der Waals surface area contributed by atoms with Crippen LogP contribution < -0.4 is 5.73 Å². The zero-order valence-corrected chi connectivity index (χ0v) is 13.7. The van der Waals surface area contributed by atoms with E-state index in [9.17, 15) is 0 Å². The van der Waals surface area contributed by atoms with Gasteiger partial charge in [-0.1, -0.05) is 37.3 Å². The zero-order valence-electron chi connectivity index (χ0n) is 13.7. The molecule has 1 aliphatic heterocycles. The van der Waals surface area contributed by atoms with Crippen LogP contribution >= 0.6 is 0 Å². The van der Waals surface area contributed by atoms with Gasteiger partial charge in [0.15, 0.2) is 0 Å². The van der Waals surface area contributed by atoms with E-state index in [0.717, 1.165) is 19.5 Å². The number of nitrogens with zero attached hydrogens (tertiary/aromatic N) is 2. The van der Waals surface area contributed by atoms with Crippen LogP contribution in [0.4, 0.5) is 0 Å². The highest BCUT2D eigenvalue weighted by molar-refractivity contribution is 5.15. The van der Waals surface area contributed by atoms with Crippen molar-refractivity contribution in [1.82, 2.24) is 9.80 Å². The van der Waals surface area contributed by atoms with Gasteiger partial charge in [-0.25, -0.2) is 0 Å². The van der Waals surface area contributed by atoms with Crippen LogP contribution in [0.1, 0.15) is 31.7 Å². The van der Waals surface area contributed by atoms with E-state index in [1.54, 1.807) is 0 Å². The molecule has 0 spiro atoms. The molecule has 3 heteroatoms. The second-order valence-electron chi connectivity index (χ2n) is 6.43. The van der Waals surface area contributed by atoms with E-state index in [0.29, 0.717) is 0 Å². The van der Waals surface area contributed by atoms with Gasteiger partial charge in [0.1, 0.15) is 0 Å². The SMILES string of the molecule is CCCN1CCC(CN)(N(C)CCc2ccccc2)CC1. The van der Waals surface area contributed by atoms with Gasteiger partial charge in [-0.2, -0.15) is 0 Å². The standard InChI is InChI=1S/C18H31N3/c1-3-12-21-14-10-18(16-19,11-15-21)20(2)13-9-17-7-5-4-6-8-17/h4-8H,3,9-16,19H2,1-2H3. The van der Waals surface area contributed by atoms with Crippen molar-refractivity contribution in [2.45, 2.75) is 38.1 Å². The van der Waals surface area contributed by atoms with Crippen molar-refractivity contribution in [3.05, 3.63) is 35.9 Å². The first-order chi connectivity index (χ1) is 10.2. The van der Waals surface area contributed by atoms with Crippen molar-refractivity contribution in [3.8, 4) is 0 Å². The van der Waals surface area contributed by atoms with Gasteiger partial charge in [0.2, 0.25) is 0 Å². The average Bonchev–Trinajstić information content (AvgIpc) is 2.55. The molecule has 1 heterocycles. The quantitative estimate of drug-likeness (QED) is 0.836. The summed E-state index contributed by atoms with van der Waals surface area (Å²) in [5.74, 6) is 0. The molecule has 0 amide bonds. The molecule has 0 unspecified atom stereocenters. The number of benzene rings is 1. The number of rotatable bonds is 7. The van der Waals surface area contributed by atoms with Crippen LogP contribution in [0, 0.1) is 0 Å². The number of likely N-dealkylation sites (N-methyl/N-ethyl adjacent to an activating group) is 1. The fourth-order valence-electron chi connectivity index (χ4n) is 3.43. The summed E-state index contributed by atoms with van der Waals surface area (Å²) in [6.45, 7) is 7.75. The molecule has 1 aromatic carbocycles. The molecule has 21 heavy (non-hydrogen) atoms. The molecule has 0 radical (unpaired) electrons. The minimum absolute atomic E-state index is 0.207. The Hall–Kier alpha value is -0.900. The van der Waals surface area contributed by atoms with Gasteiger partial charge in [-0.15, -0.1) is 0 Å². The molecule has 1 saturated heterocycles. The van der Waals surface area contributed by atoms with Crippen LogP contribution in [-0.2, 0) is 6.42 Å². The molecule has 1 fully saturated rings. The van der Waals surface area contributed by atoms with E-state index in [2.05, 4.69) is 54.1 Å². The summed E-state index contributed by atoms with van der Waals surface area (Å²) in [6, 6.07) is 10.8. The summed E-state index contributed by atoms with van der Waals surface area (Å²) in [6.07, 6.45) is 4.76. The van der Waals surface area contributed by atoms with Crippen molar-refractivity contribution in [2.24, 2.45) is 5.73 Å². The van der Waals surface area contributed by atoms with Crippen LogP contribution in [0.15, 0.2) is 30.3 Å². The van der Waals surface area contributed by atoms with Gasteiger partial charge in [0.25, 0.3) is 0 Å². The molecule has 2 N–H and O–H groups in total. The van der Waals surface area contributed by atoms with Gasteiger partial charge in [-0.3, -0.25) is 4.90 Å². The fraction of sp³-hybridized carbons (Fsp3) is 0.667. The minimum atomic E-state index is 0.207. The van der Waals surface area contributed by atoms with Crippen LogP contribution in [0.3, 0.4) is 0 Å². The van der Waals surface area contributed by atoms with E-state index in [1.807, 2.05) is 0 Å². The lowest BCUT2D eigenvalue weighted by atomic mass is 9.85. The highest BCUT2D eigenvalue weighted by atomic mass is 15.2. The number of nitrogens with two attached hydrogens (primary N) is 1. The summed E-state index contributed by atoms with van der Waals surface area (Å²) in [5.41, 5.74) is 7.79. The minimum Gasteiger partial charge on any atom is -0.329 e. The third-order valence-corrected chi connectivity index (χ3v) is 5.10. The summed E-state index contributed by atoms with van der Waals surface area (Å²) in [7, 11) is 2.26. The Balaban J connectivity index is 1.88. The lowest BCUT2D eigenvalue weighted by Crippen LogP contribution is -2.58. The number of piperidine rings is 1. The summed E-state index contributed by atoms with van der Waals surface area (Å²) in [5, 5.41) is 0. The maximum Gasteiger partial charge on any atom is 0.0353 e. The van der Waals surface area contributed by atoms with Crippen LogP contribution in [0.5, 0.6) is 0 Å². The molecule has 0 saturated carbocycles. The van der Waals surface area contributed by atoms with E-state index in [1.165, 1.54) is 44.5 Å². The molecule has 1 aliphatic rings. The summed E-state index contributed by atoms with van der Waals surface area (Å²) < 4.78 is 0. The largest absolute Gasteiger partial charge is 0.329 e. The van der Waals surface area contributed by atoms with E-state index in [-0.39, 0.29) is 5.54 Å². The van der Waals surface area contributed by atoms with Gasteiger partial charge in [0.05, 0.1) is 0 Å². The molecule has 1 aromatic rings. The molecule has 0 bridgehead atoms. The molecule has 2 rings (SSSR count). The van der Waals surface area contributed by atoms with Gasteiger partial charge in [-0.05, 0) is 57.9 Å². The third-order valence-electron chi connectivity index (χ3n) is 5.10. The third kappa shape index (κ3) is 4.29. The molecule has 0 aromatic heterocycles. The lowest BCUT2D eigenvalue weighted by Gasteiger charge is -2.47. The smallest absolute Gasteiger partial charge is 0.0353 e. The predicted octanol–water partition coefficient (Wildman–Crippen LogP) is 2.36. The van der Waals surface area contributed by atoms with Gasteiger partial charge in [0, 0.05) is 18.6 Å². The predicted molar refractivity (Wildman–Crippen MR) is 90.5 cm³/mol. The molecular weight excluding hydrogens is 258 g/mol. The Morgan fingerprint density at radius 2 is 1.86 bits per heavy atom. The first-order valence-electron chi connectivity index (χ1n) is 8.38. The fourth-order valence-corrected chi connectivity index (χ4v) is 3.43. The van der Waals surface area contributed by atoms with Crippen LogP contribution in [0.2, 0.25) is 0 Å². The molecular formula is C18H31N3. The lowest BCUT2D eigenvalue weighted by molar-refractivity contribution is 0.0461. The van der Waals surface area contributed by atoms with E-state index < -0.39 is 0 Å². The Bertz CT molecular complexity index is 396. The maximum absolute atomic E-state index is 6.17. The highest BCUT2D eigenvalue weighted by Crippen LogP contribution is 2.27. The van der Waals surface area contributed by atoms with Crippen molar-refractivity contribution in [1.29, 1.82) is 0 Å². The average molecular weight is 289 g/mol. The topological polar surface area (TPSA) is 32.5 Å². The van der Waals surface area contributed by atoms with E-state index in [4.69, 9.17) is 5.73 Å². The second-order valence-corrected chi connectivity index (χ2v) is 6.43. The normalized spacial score (nSPS) is 19.0. The first-order valence-corrected chi connectivity index (χ1v) is 8.38. The number of likely N-dealkylation sites (tertiary alicyclic amines) is 1. The molecule has 0 atom stereocenters. The van der Waals surface area contributed by atoms with Crippen LogP contribution in [0.25, 0.3) is 0 Å². The Morgan fingerprint density at radius 1 is 1.19 bits per heavy atom. The monoisotopic (exact) mass is 289 g/mol. The van der Waals surface area contributed by atoms with Crippen molar-refractivity contribution >= 4 is 0 Å². The second kappa shape index (κ2) is 7.92. The van der Waals surface area contributed by atoms with Crippen molar-refractivity contribution in [3.63, 3.8) is 0 Å². The number of hydrogen-bond acceptors (Lipinski definition) is 3. The first kappa shape index (κ1) is 16.5. The summed E-state index contributed by atoms with van der Waals surface area (Å²) >= 11 is 0. The van der Waals surface area contributed by atoms with Crippen LogP contribution in [-0.4, -0.2) is 55.1 Å².